The number of carbonyl (C=O) groups is 1. The number of anilines is 1. The van der Waals surface area contributed by atoms with E-state index >= 15 is 0 Å². The molecule has 1 aliphatic carbocycles. The number of carbonyl (C=O) groups excluding carboxylic acids is 1. The third-order valence-corrected chi connectivity index (χ3v) is 9.60. The second-order valence-corrected chi connectivity index (χ2v) is 11.2. The summed E-state index contributed by atoms with van der Waals surface area (Å²) in [4.78, 5) is 18.3. The maximum Gasteiger partial charge on any atom is 0.237 e. The van der Waals surface area contributed by atoms with Gasteiger partial charge in [0.25, 0.3) is 0 Å². The summed E-state index contributed by atoms with van der Waals surface area (Å²) in [5, 5.41) is 25.3. The van der Waals surface area contributed by atoms with Gasteiger partial charge >= 0.3 is 0 Å². The first kappa shape index (κ1) is 23.7. The zero-order valence-electron chi connectivity index (χ0n) is 18.1. The minimum Gasteiger partial charge on any atom is -0.368 e. The maximum absolute atomic E-state index is 13.7. The van der Waals surface area contributed by atoms with Crippen molar-refractivity contribution >= 4 is 34.3 Å². The predicted molar refractivity (Wildman–Crippen MR) is 124 cm³/mol. The Hall–Kier alpha value is -1.98. The van der Waals surface area contributed by atoms with Gasteiger partial charge in [0.2, 0.25) is 5.91 Å². The molecular weight excluding hydrogens is 510 g/mol. The number of nitrogens with one attached hydrogen (secondary N) is 2. The molecular formula is C22H28FIN6O. The number of hydrogen-bond acceptors (Lipinski definition) is 6. The van der Waals surface area contributed by atoms with Gasteiger partial charge in [-0.2, -0.15) is 10.5 Å². The third-order valence-electron chi connectivity index (χ3n) is 7.33. The van der Waals surface area contributed by atoms with Crippen molar-refractivity contribution < 1.29 is 9.18 Å². The summed E-state index contributed by atoms with van der Waals surface area (Å²) in [6.45, 7) is 7.17. The van der Waals surface area contributed by atoms with Crippen LogP contribution in [0.4, 0.5) is 10.2 Å². The molecule has 4 atom stereocenters. The van der Waals surface area contributed by atoms with Gasteiger partial charge in [0.1, 0.15) is 24.1 Å². The molecule has 0 unspecified atom stereocenters. The van der Waals surface area contributed by atoms with Gasteiger partial charge in [-0.05, 0) is 37.3 Å². The topological polar surface area (TPSA) is 105 Å². The highest BCUT2D eigenvalue weighted by atomic mass is 127. The molecule has 3 rings (SSSR count). The number of likely N-dealkylation sites (tertiary alicyclic amines) is 1. The van der Waals surface area contributed by atoms with Gasteiger partial charge in [0, 0.05) is 28.1 Å². The van der Waals surface area contributed by atoms with Crippen LogP contribution in [0.25, 0.3) is 0 Å². The van der Waals surface area contributed by atoms with Crippen LogP contribution < -0.4 is 10.6 Å². The van der Waals surface area contributed by atoms with Crippen LogP contribution in [0.15, 0.2) is 18.3 Å². The molecule has 2 N–H and O–H groups in total. The van der Waals surface area contributed by atoms with Gasteiger partial charge in [0.05, 0.1) is 24.7 Å². The lowest BCUT2D eigenvalue weighted by atomic mass is 9.71. The van der Waals surface area contributed by atoms with E-state index in [0.29, 0.717) is 17.9 Å². The number of amides is 1. The van der Waals surface area contributed by atoms with Crippen LogP contribution in [0.2, 0.25) is 0 Å². The molecule has 1 saturated carbocycles. The smallest absolute Gasteiger partial charge is 0.237 e. The second-order valence-electron chi connectivity index (χ2n) is 9.16. The molecule has 0 aromatic carbocycles. The molecule has 2 aliphatic rings. The Bertz CT molecular complexity index is 927. The molecule has 1 aromatic rings. The zero-order chi connectivity index (χ0) is 22.9. The number of hydrogen-bond donors (Lipinski definition) is 2. The van der Waals surface area contributed by atoms with Crippen LogP contribution in [0.3, 0.4) is 0 Å². The fourth-order valence-electron chi connectivity index (χ4n) is 4.60. The number of alkyl halides is 2. The summed E-state index contributed by atoms with van der Waals surface area (Å²) in [7, 11) is 0. The summed E-state index contributed by atoms with van der Waals surface area (Å²) in [5.74, 6) is 0.339. The maximum atomic E-state index is 13.7. The average molecular weight is 538 g/mol. The highest BCUT2D eigenvalue weighted by molar-refractivity contribution is 14.1. The number of rotatable bonds is 6. The van der Waals surface area contributed by atoms with Gasteiger partial charge in [-0.3, -0.25) is 4.79 Å². The normalized spacial score (nSPS) is 31.8. The summed E-state index contributed by atoms with van der Waals surface area (Å²) in [6.07, 6.45) is 2.39. The standard InChI is InChI=1S/C22H28FIN6O/c1-20(2)21(3,29-12-18(31)30-13-16(23)9-17(30)11-26)6-7-22(20,24)14-28-19-15(10-25)5-4-8-27-19/h4-5,8,16-17,29H,6-7,9,12-14H2,1-3H3,(H,27,28)/t16-,17-,21+,22-/m0/s1. The van der Waals surface area contributed by atoms with Gasteiger partial charge in [-0.1, -0.05) is 36.4 Å². The van der Waals surface area contributed by atoms with Crippen molar-refractivity contribution in [2.24, 2.45) is 5.41 Å². The second kappa shape index (κ2) is 8.87. The van der Waals surface area contributed by atoms with Crippen molar-refractivity contribution in [1.82, 2.24) is 15.2 Å². The fraction of sp³-hybridized carbons (Fsp3) is 0.636. The van der Waals surface area contributed by atoms with Crippen molar-refractivity contribution in [2.45, 2.75) is 61.2 Å². The van der Waals surface area contributed by atoms with Crippen LogP contribution in [0.1, 0.15) is 45.6 Å². The molecule has 1 saturated heterocycles. The average Bonchev–Trinajstić information content (AvgIpc) is 3.22. The van der Waals surface area contributed by atoms with Crippen LogP contribution >= 0.6 is 22.6 Å². The SMILES string of the molecule is CC1(C)[C@@](I)(CNc2ncccc2C#N)CC[C@@]1(C)NCC(=O)N1C[C@@H](F)C[C@H]1C#N. The van der Waals surface area contributed by atoms with Crippen LogP contribution in [0.5, 0.6) is 0 Å². The van der Waals surface area contributed by atoms with Crippen molar-refractivity contribution in [1.29, 1.82) is 10.5 Å². The highest BCUT2D eigenvalue weighted by Gasteiger charge is 2.59. The van der Waals surface area contributed by atoms with Gasteiger partial charge in [-0.25, -0.2) is 9.37 Å². The molecule has 7 nitrogen and oxygen atoms in total. The van der Waals surface area contributed by atoms with E-state index in [4.69, 9.17) is 0 Å². The van der Waals surface area contributed by atoms with Crippen molar-refractivity contribution in [3.63, 3.8) is 0 Å². The first-order valence-electron chi connectivity index (χ1n) is 10.4. The molecule has 0 bridgehead atoms. The number of pyridine rings is 1. The largest absolute Gasteiger partial charge is 0.368 e. The molecule has 166 valence electrons. The minimum atomic E-state index is -1.13. The van der Waals surface area contributed by atoms with Crippen molar-refractivity contribution in [3.05, 3.63) is 23.9 Å². The van der Waals surface area contributed by atoms with E-state index in [-0.39, 0.29) is 39.8 Å². The molecule has 0 spiro atoms. The summed E-state index contributed by atoms with van der Waals surface area (Å²) in [5.41, 5.74) is -0.0313. The highest BCUT2D eigenvalue weighted by Crippen LogP contribution is 2.57. The van der Waals surface area contributed by atoms with Gasteiger partial charge in [-0.15, -0.1) is 0 Å². The van der Waals surface area contributed by atoms with E-state index in [1.54, 1.807) is 18.3 Å². The summed E-state index contributed by atoms with van der Waals surface area (Å²) < 4.78 is 13.5. The molecule has 2 fully saturated rings. The number of halogens is 2. The van der Waals surface area contributed by atoms with Gasteiger partial charge in [0.15, 0.2) is 0 Å². The van der Waals surface area contributed by atoms with E-state index in [0.717, 1.165) is 12.8 Å². The predicted octanol–water partition coefficient (Wildman–Crippen LogP) is 3.17. The van der Waals surface area contributed by atoms with E-state index < -0.39 is 12.2 Å². The molecule has 31 heavy (non-hydrogen) atoms. The molecule has 1 amide bonds. The molecule has 2 heterocycles. The van der Waals surface area contributed by atoms with Gasteiger partial charge < -0.3 is 15.5 Å². The quantitative estimate of drug-likeness (QED) is 0.426. The van der Waals surface area contributed by atoms with E-state index in [2.05, 4.69) is 65.0 Å². The van der Waals surface area contributed by atoms with Crippen molar-refractivity contribution in [2.75, 3.05) is 25.0 Å². The fourth-order valence-corrected chi connectivity index (χ4v) is 5.66. The van der Waals surface area contributed by atoms with E-state index in [1.165, 1.54) is 4.90 Å². The number of aromatic nitrogens is 1. The molecule has 1 aliphatic heterocycles. The first-order valence-corrected chi connectivity index (χ1v) is 11.5. The van der Waals surface area contributed by atoms with E-state index in [1.807, 2.05) is 6.07 Å². The lowest BCUT2D eigenvalue weighted by Gasteiger charge is -2.47. The first-order chi connectivity index (χ1) is 14.6. The summed E-state index contributed by atoms with van der Waals surface area (Å²) in [6, 6.07) is 6.98. The monoisotopic (exact) mass is 538 g/mol. The third kappa shape index (κ3) is 4.35. The molecule has 9 heteroatoms. The lowest BCUT2D eigenvalue weighted by Crippen LogP contribution is -2.59. The molecule has 0 radical (unpaired) electrons. The Kier molecular flexibility index (Phi) is 6.78. The Balaban J connectivity index is 1.67. The Morgan fingerprint density at radius 1 is 1.39 bits per heavy atom. The van der Waals surface area contributed by atoms with E-state index in [9.17, 15) is 19.7 Å². The van der Waals surface area contributed by atoms with Crippen LogP contribution in [-0.4, -0.2) is 56.6 Å². The number of nitriles is 2. The van der Waals surface area contributed by atoms with Crippen LogP contribution in [-0.2, 0) is 4.79 Å². The van der Waals surface area contributed by atoms with Crippen LogP contribution in [0, 0.1) is 28.1 Å². The van der Waals surface area contributed by atoms with Crippen molar-refractivity contribution in [3.8, 4) is 12.1 Å². The summed E-state index contributed by atoms with van der Waals surface area (Å²) >= 11 is 2.49. The lowest BCUT2D eigenvalue weighted by molar-refractivity contribution is -0.131. The molecule has 1 aromatic heterocycles. The zero-order valence-corrected chi connectivity index (χ0v) is 20.2. The Morgan fingerprint density at radius 3 is 2.81 bits per heavy atom. The Morgan fingerprint density at radius 2 is 2.13 bits per heavy atom. The minimum absolute atomic E-state index is 0.00963. The number of nitrogens with zero attached hydrogens (tertiary/aromatic N) is 4. The Labute approximate surface area is 196 Å².